The summed E-state index contributed by atoms with van der Waals surface area (Å²) < 4.78 is 26.5. The first kappa shape index (κ1) is 16.7. The molecule has 22 heavy (non-hydrogen) atoms. The van der Waals surface area contributed by atoms with E-state index in [2.05, 4.69) is 4.72 Å². The van der Waals surface area contributed by atoms with Gasteiger partial charge < -0.3 is 10.0 Å². The fourth-order valence-electron chi connectivity index (χ4n) is 2.56. The zero-order valence-electron chi connectivity index (χ0n) is 12.7. The number of hydrogen-bond acceptors (Lipinski definition) is 5. The third kappa shape index (κ3) is 3.40. The van der Waals surface area contributed by atoms with E-state index in [0.29, 0.717) is 31.9 Å². The molecule has 1 aromatic carbocycles. The van der Waals surface area contributed by atoms with Crippen LogP contribution >= 0.6 is 0 Å². The molecule has 1 atom stereocenters. The van der Waals surface area contributed by atoms with Gasteiger partial charge in [-0.05, 0) is 26.1 Å². The monoisotopic (exact) mass is 327 g/mol. The van der Waals surface area contributed by atoms with Crippen LogP contribution in [0.3, 0.4) is 0 Å². The Morgan fingerprint density at radius 2 is 1.82 bits per heavy atom. The number of hydrogen-bond donors (Lipinski definition) is 2. The van der Waals surface area contributed by atoms with Gasteiger partial charge in [-0.25, -0.2) is 13.1 Å². The minimum absolute atomic E-state index is 0.247. The highest BCUT2D eigenvalue weighted by atomic mass is 32.2. The predicted octanol–water partition coefficient (Wildman–Crippen LogP) is 0.190. The maximum atomic E-state index is 12.1. The third-order valence-electron chi connectivity index (χ3n) is 3.98. The van der Waals surface area contributed by atoms with Crippen LogP contribution in [-0.2, 0) is 14.8 Å². The van der Waals surface area contributed by atoms with E-state index in [1.54, 1.807) is 31.2 Å². The van der Waals surface area contributed by atoms with Crippen LogP contribution in [0.4, 0.5) is 5.69 Å². The molecule has 0 aromatic heterocycles. The van der Waals surface area contributed by atoms with Crippen molar-refractivity contribution < 1.29 is 18.3 Å². The van der Waals surface area contributed by atoms with E-state index < -0.39 is 22.0 Å². The zero-order valence-corrected chi connectivity index (χ0v) is 13.5. The van der Waals surface area contributed by atoms with E-state index in [4.69, 9.17) is 5.11 Å². The summed E-state index contributed by atoms with van der Waals surface area (Å²) in [4.78, 5) is 15.1. The van der Waals surface area contributed by atoms with Gasteiger partial charge in [0.25, 0.3) is 0 Å². The van der Waals surface area contributed by atoms with Crippen LogP contribution in [0.25, 0.3) is 0 Å². The second kappa shape index (κ2) is 6.64. The number of anilines is 1. The van der Waals surface area contributed by atoms with Crippen LogP contribution < -0.4 is 9.62 Å². The summed E-state index contributed by atoms with van der Waals surface area (Å²) in [5.74, 6) is -0.841. The van der Waals surface area contributed by atoms with Gasteiger partial charge >= 0.3 is 5.97 Å². The van der Waals surface area contributed by atoms with Crippen LogP contribution in [0.2, 0.25) is 0 Å². The Hall–Kier alpha value is -1.64. The Morgan fingerprint density at radius 1 is 1.23 bits per heavy atom. The van der Waals surface area contributed by atoms with E-state index in [1.807, 2.05) is 9.80 Å². The van der Waals surface area contributed by atoms with Crippen LogP contribution in [0.1, 0.15) is 6.92 Å². The van der Waals surface area contributed by atoms with Crippen molar-refractivity contribution in [1.29, 1.82) is 0 Å². The summed E-state index contributed by atoms with van der Waals surface area (Å²) in [5, 5.41) is 9.06. The lowest BCUT2D eigenvalue weighted by Gasteiger charge is -2.38. The highest BCUT2D eigenvalue weighted by Crippen LogP contribution is 2.26. The maximum absolute atomic E-state index is 12.1. The van der Waals surface area contributed by atoms with Gasteiger partial charge in [-0.2, -0.15) is 0 Å². The van der Waals surface area contributed by atoms with Gasteiger partial charge in [0.05, 0.1) is 5.69 Å². The van der Waals surface area contributed by atoms with E-state index in [1.165, 1.54) is 7.05 Å². The second-order valence-corrected chi connectivity index (χ2v) is 7.07. The van der Waals surface area contributed by atoms with E-state index in [0.717, 1.165) is 0 Å². The molecule has 1 aliphatic heterocycles. The molecule has 0 radical (unpaired) electrons. The summed E-state index contributed by atoms with van der Waals surface area (Å²) >= 11 is 0. The predicted molar refractivity (Wildman–Crippen MR) is 83.6 cm³/mol. The summed E-state index contributed by atoms with van der Waals surface area (Å²) in [6, 6.07) is 6.32. The number of sulfonamides is 1. The van der Waals surface area contributed by atoms with Crippen molar-refractivity contribution in [3.63, 3.8) is 0 Å². The normalized spacial score (nSPS) is 18.2. The number of carbonyl (C=O) groups is 1. The number of para-hydroxylation sites is 1. The Morgan fingerprint density at radius 3 is 2.36 bits per heavy atom. The van der Waals surface area contributed by atoms with Crippen LogP contribution in [0, 0.1) is 0 Å². The SMILES string of the molecule is CNS(=O)(=O)c1ccccc1N1CCN([C@@H](C)C(=O)O)CC1. The number of rotatable bonds is 5. The lowest BCUT2D eigenvalue weighted by Crippen LogP contribution is -2.52. The molecule has 8 heteroatoms. The fourth-order valence-corrected chi connectivity index (χ4v) is 3.51. The van der Waals surface area contributed by atoms with Crippen molar-refractivity contribution in [3.05, 3.63) is 24.3 Å². The Balaban J connectivity index is 2.18. The number of piperazine rings is 1. The number of aliphatic carboxylic acids is 1. The first-order valence-corrected chi connectivity index (χ1v) is 8.59. The van der Waals surface area contributed by atoms with Crippen molar-refractivity contribution in [2.75, 3.05) is 38.1 Å². The van der Waals surface area contributed by atoms with E-state index in [-0.39, 0.29) is 4.90 Å². The number of nitrogens with zero attached hydrogens (tertiary/aromatic N) is 2. The Labute approximate surface area is 130 Å². The van der Waals surface area contributed by atoms with Crippen LogP contribution in [-0.4, -0.2) is 63.7 Å². The zero-order chi connectivity index (χ0) is 16.3. The van der Waals surface area contributed by atoms with Crippen molar-refractivity contribution >= 4 is 21.7 Å². The average Bonchev–Trinajstić information content (AvgIpc) is 2.54. The van der Waals surface area contributed by atoms with Crippen molar-refractivity contribution in [2.45, 2.75) is 17.9 Å². The topological polar surface area (TPSA) is 90.0 Å². The third-order valence-corrected chi connectivity index (χ3v) is 5.45. The molecule has 2 rings (SSSR count). The van der Waals surface area contributed by atoms with Crippen molar-refractivity contribution in [2.24, 2.45) is 0 Å². The molecule has 0 bridgehead atoms. The highest BCUT2D eigenvalue weighted by molar-refractivity contribution is 7.89. The molecule has 1 aliphatic rings. The molecule has 122 valence electrons. The minimum Gasteiger partial charge on any atom is -0.480 e. The van der Waals surface area contributed by atoms with Gasteiger partial charge in [-0.3, -0.25) is 9.69 Å². The lowest BCUT2D eigenvalue weighted by molar-refractivity contribution is -0.142. The quantitative estimate of drug-likeness (QED) is 0.802. The molecule has 1 aromatic rings. The van der Waals surface area contributed by atoms with Gasteiger partial charge in [0, 0.05) is 26.2 Å². The average molecular weight is 327 g/mol. The van der Waals surface area contributed by atoms with E-state index in [9.17, 15) is 13.2 Å². The number of benzene rings is 1. The summed E-state index contributed by atoms with van der Waals surface area (Å²) in [6.45, 7) is 4.02. The standard InChI is InChI=1S/C14H21N3O4S/c1-11(14(18)19)16-7-9-17(10-8-16)12-5-3-4-6-13(12)22(20,21)15-2/h3-6,11,15H,7-10H2,1-2H3,(H,18,19)/t11-/m0/s1. The molecule has 0 amide bonds. The van der Waals surface area contributed by atoms with Gasteiger partial charge in [0.2, 0.25) is 10.0 Å². The van der Waals surface area contributed by atoms with Gasteiger partial charge in [0.15, 0.2) is 0 Å². The largest absolute Gasteiger partial charge is 0.480 e. The Kier molecular flexibility index (Phi) is 5.05. The molecule has 1 heterocycles. The lowest BCUT2D eigenvalue weighted by atomic mass is 10.2. The molecule has 1 saturated heterocycles. The molecule has 1 fully saturated rings. The van der Waals surface area contributed by atoms with Gasteiger partial charge in [-0.1, -0.05) is 12.1 Å². The van der Waals surface area contributed by atoms with Crippen molar-refractivity contribution in [3.8, 4) is 0 Å². The van der Waals surface area contributed by atoms with Gasteiger partial charge in [-0.15, -0.1) is 0 Å². The number of carboxylic acid groups (broad SMARTS) is 1. The van der Waals surface area contributed by atoms with Crippen LogP contribution in [0.15, 0.2) is 29.2 Å². The first-order chi connectivity index (χ1) is 10.4. The molecule has 7 nitrogen and oxygen atoms in total. The first-order valence-electron chi connectivity index (χ1n) is 7.11. The molecule has 0 unspecified atom stereocenters. The maximum Gasteiger partial charge on any atom is 0.320 e. The fraction of sp³-hybridized carbons (Fsp3) is 0.500. The molecular formula is C14H21N3O4S. The minimum atomic E-state index is -3.52. The summed E-state index contributed by atoms with van der Waals surface area (Å²) in [7, 11) is -2.13. The van der Waals surface area contributed by atoms with Crippen molar-refractivity contribution in [1.82, 2.24) is 9.62 Å². The Bertz CT molecular complexity index is 639. The van der Waals surface area contributed by atoms with Crippen LogP contribution in [0.5, 0.6) is 0 Å². The molecule has 0 aliphatic carbocycles. The summed E-state index contributed by atoms with van der Waals surface area (Å²) in [5.41, 5.74) is 0.652. The number of nitrogens with one attached hydrogen (secondary N) is 1. The van der Waals surface area contributed by atoms with E-state index >= 15 is 0 Å². The molecular weight excluding hydrogens is 306 g/mol. The second-order valence-electron chi connectivity index (χ2n) is 5.21. The molecule has 0 spiro atoms. The summed E-state index contributed by atoms with van der Waals surface area (Å²) in [6.07, 6.45) is 0. The highest BCUT2D eigenvalue weighted by Gasteiger charge is 2.27. The molecule has 0 saturated carbocycles. The molecule has 2 N–H and O–H groups in total. The van der Waals surface area contributed by atoms with Gasteiger partial charge in [0.1, 0.15) is 10.9 Å². The number of carboxylic acids is 1. The smallest absolute Gasteiger partial charge is 0.320 e.